The molecule has 5 rings (SSSR count). The first-order valence-corrected chi connectivity index (χ1v) is 15.7. The number of carbonyl (C=O) groups is 1. The molecule has 2 fully saturated rings. The average molecular weight is 572 g/mol. The van der Waals surface area contributed by atoms with E-state index in [-0.39, 0.29) is 11.9 Å². The molecule has 5 heteroatoms. The number of hydrogen-bond acceptors (Lipinski definition) is 4. The molecule has 1 aliphatic carbocycles. The van der Waals surface area contributed by atoms with E-state index in [1.807, 2.05) is 36.4 Å². The zero-order valence-electron chi connectivity index (χ0n) is 24.2. The van der Waals surface area contributed by atoms with Gasteiger partial charge in [0.05, 0.1) is 5.92 Å². The Balaban J connectivity index is 1.33. The Morgan fingerprint density at radius 1 is 0.732 bits per heavy atom. The van der Waals surface area contributed by atoms with E-state index in [2.05, 4.69) is 48.2 Å². The van der Waals surface area contributed by atoms with Crippen LogP contribution in [0.4, 0.5) is 0 Å². The quantitative estimate of drug-likeness (QED) is 0.146. The minimum Gasteiger partial charge on any atom is -0.492 e. The maximum Gasteiger partial charge on any atom is 0.314 e. The largest absolute Gasteiger partial charge is 0.492 e. The minimum atomic E-state index is -0.100. The fraction of sp³-hybridized carbons (Fsp3) is 0.417. The minimum absolute atomic E-state index is 0.0242. The molecule has 41 heavy (non-hydrogen) atoms. The van der Waals surface area contributed by atoms with Gasteiger partial charge in [0.25, 0.3) is 0 Å². The van der Waals surface area contributed by atoms with E-state index in [0.29, 0.717) is 17.4 Å². The number of carbonyl (C=O) groups excluding carboxylic acids is 1. The van der Waals surface area contributed by atoms with Gasteiger partial charge in [-0.05, 0) is 110 Å². The molecule has 0 unspecified atom stereocenters. The highest BCUT2D eigenvalue weighted by molar-refractivity contribution is 6.30. The molecule has 1 aliphatic heterocycles. The second-order valence-corrected chi connectivity index (χ2v) is 11.9. The lowest BCUT2D eigenvalue weighted by Gasteiger charge is -2.20. The van der Waals surface area contributed by atoms with Gasteiger partial charge in [0, 0.05) is 11.6 Å². The standard InChI is InChI=1S/C36H42ClNO3/c1-27(28-11-17-32(37)18-12-28)35(30-15-21-34(22-16-30)41-36(39)31-9-5-4-6-10-31)29-13-19-33(20-14-29)40-26-25-38-23-7-2-3-8-24-38/h11-22,31H,2-10,23-26H2,1H3/b35-27-. The first-order chi connectivity index (χ1) is 20.1. The van der Waals surface area contributed by atoms with E-state index < -0.39 is 0 Å². The summed E-state index contributed by atoms with van der Waals surface area (Å²) < 4.78 is 11.9. The highest BCUT2D eigenvalue weighted by Crippen LogP contribution is 2.34. The van der Waals surface area contributed by atoms with Gasteiger partial charge in [0.2, 0.25) is 0 Å². The zero-order chi connectivity index (χ0) is 28.4. The summed E-state index contributed by atoms with van der Waals surface area (Å²) in [5.74, 6) is 1.41. The molecule has 0 aromatic heterocycles. The molecule has 0 bridgehead atoms. The Hall–Kier alpha value is -3.08. The topological polar surface area (TPSA) is 38.8 Å². The maximum atomic E-state index is 12.7. The maximum absolute atomic E-state index is 12.7. The third kappa shape index (κ3) is 8.24. The molecular weight excluding hydrogens is 530 g/mol. The molecule has 0 spiro atoms. The number of esters is 1. The van der Waals surface area contributed by atoms with E-state index in [0.717, 1.165) is 65.8 Å². The number of hydrogen-bond donors (Lipinski definition) is 0. The smallest absolute Gasteiger partial charge is 0.314 e. The van der Waals surface area contributed by atoms with E-state index in [1.54, 1.807) is 0 Å². The van der Waals surface area contributed by atoms with E-state index in [9.17, 15) is 4.79 Å². The molecule has 3 aromatic rings. The van der Waals surface area contributed by atoms with Gasteiger partial charge < -0.3 is 9.47 Å². The van der Waals surface area contributed by atoms with Crippen LogP contribution in [0.2, 0.25) is 5.02 Å². The van der Waals surface area contributed by atoms with Crippen LogP contribution in [0.1, 0.15) is 81.4 Å². The van der Waals surface area contributed by atoms with Gasteiger partial charge in [-0.15, -0.1) is 0 Å². The molecule has 0 N–H and O–H groups in total. The number of allylic oxidation sites excluding steroid dienone is 1. The molecule has 1 heterocycles. The van der Waals surface area contributed by atoms with Crippen molar-refractivity contribution in [1.29, 1.82) is 0 Å². The Morgan fingerprint density at radius 3 is 1.88 bits per heavy atom. The van der Waals surface area contributed by atoms with E-state index >= 15 is 0 Å². The fourth-order valence-electron chi connectivity index (χ4n) is 6.04. The second kappa shape index (κ2) is 14.7. The molecule has 4 nitrogen and oxygen atoms in total. The molecule has 1 saturated heterocycles. The van der Waals surface area contributed by atoms with Crippen molar-refractivity contribution < 1.29 is 14.3 Å². The fourth-order valence-corrected chi connectivity index (χ4v) is 6.17. The SMILES string of the molecule is C/C(=C(\c1ccc(OCCN2CCCCCC2)cc1)c1ccc(OC(=O)C2CCCCC2)cc1)c1ccc(Cl)cc1. The highest BCUT2D eigenvalue weighted by Gasteiger charge is 2.23. The van der Waals surface area contributed by atoms with Gasteiger partial charge in [-0.1, -0.05) is 80.1 Å². The predicted octanol–water partition coefficient (Wildman–Crippen LogP) is 9.06. The Kier molecular flexibility index (Phi) is 10.5. The second-order valence-electron chi connectivity index (χ2n) is 11.4. The monoisotopic (exact) mass is 571 g/mol. The van der Waals surface area contributed by atoms with Crippen LogP contribution >= 0.6 is 11.6 Å². The Labute approximate surface area is 250 Å². The normalized spacial score (nSPS) is 17.4. The van der Waals surface area contributed by atoms with Crippen molar-refractivity contribution in [2.24, 2.45) is 5.92 Å². The van der Waals surface area contributed by atoms with Crippen LogP contribution in [0.3, 0.4) is 0 Å². The molecule has 2 aliphatic rings. The molecule has 216 valence electrons. The number of likely N-dealkylation sites (tertiary alicyclic amines) is 1. The van der Waals surface area contributed by atoms with Crippen LogP contribution in [0, 0.1) is 5.92 Å². The Morgan fingerprint density at radius 2 is 1.27 bits per heavy atom. The van der Waals surface area contributed by atoms with Crippen LogP contribution in [0.5, 0.6) is 11.5 Å². The Bertz CT molecular complexity index is 1280. The van der Waals surface area contributed by atoms with Gasteiger partial charge in [-0.3, -0.25) is 9.69 Å². The summed E-state index contributed by atoms with van der Waals surface area (Å²) >= 11 is 6.19. The van der Waals surface area contributed by atoms with Crippen molar-refractivity contribution in [2.75, 3.05) is 26.2 Å². The summed E-state index contributed by atoms with van der Waals surface area (Å²) in [7, 11) is 0. The van der Waals surface area contributed by atoms with Gasteiger partial charge in [-0.25, -0.2) is 0 Å². The van der Waals surface area contributed by atoms with Crippen molar-refractivity contribution in [3.05, 3.63) is 94.5 Å². The number of rotatable bonds is 9. The molecule has 1 saturated carbocycles. The van der Waals surface area contributed by atoms with Crippen molar-refractivity contribution in [1.82, 2.24) is 4.90 Å². The number of halogens is 1. The average Bonchev–Trinajstić information content (AvgIpc) is 3.29. The molecular formula is C36H42ClNO3. The highest BCUT2D eigenvalue weighted by atomic mass is 35.5. The number of ether oxygens (including phenoxy) is 2. The molecule has 0 atom stereocenters. The van der Waals surface area contributed by atoms with Gasteiger partial charge >= 0.3 is 5.97 Å². The van der Waals surface area contributed by atoms with Crippen molar-refractivity contribution in [2.45, 2.75) is 64.7 Å². The van der Waals surface area contributed by atoms with E-state index in [4.69, 9.17) is 21.1 Å². The molecule has 3 aromatic carbocycles. The van der Waals surface area contributed by atoms with E-state index in [1.165, 1.54) is 45.2 Å². The van der Waals surface area contributed by atoms with Crippen molar-refractivity contribution in [3.8, 4) is 11.5 Å². The van der Waals surface area contributed by atoms with Crippen LogP contribution < -0.4 is 9.47 Å². The third-order valence-electron chi connectivity index (χ3n) is 8.47. The first-order valence-electron chi connectivity index (χ1n) is 15.3. The van der Waals surface area contributed by atoms with Gasteiger partial charge in [0.1, 0.15) is 18.1 Å². The summed E-state index contributed by atoms with van der Waals surface area (Å²) in [5.41, 5.74) is 5.53. The third-order valence-corrected chi connectivity index (χ3v) is 8.72. The van der Waals surface area contributed by atoms with Gasteiger partial charge in [0.15, 0.2) is 0 Å². The first kappa shape index (κ1) is 29.4. The van der Waals surface area contributed by atoms with Crippen LogP contribution in [-0.2, 0) is 4.79 Å². The predicted molar refractivity (Wildman–Crippen MR) is 169 cm³/mol. The summed E-state index contributed by atoms with van der Waals surface area (Å²) in [6.07, 6.45) is 10.6. The molecule has 0 amide bonds. The lowest BCUT2D eigenvalue weighted by Crippen LogP contribution is -2.29. The summed E-state index contributed by atoms with van der Waals surface area (Å²) in [6.45, 7) is 6.17. The lowest BCUT2D eigenvalue weighted by atomic mass is 9.89. The molecule has 0 radical (unpaired) electrons. The summed E-state index contributed by atoms with van der Waals surface area (Å²) in [6, 6.07) is 24.3. The summed E-state index contributed by atoms with van der Waals surface area (Å²) in [5, 5.41) is 0.717. The van der Waals surface area contributed by atoms with Crippen molar-refractivity contribution >= 4 is 28.7 Å². The van der Waals surface area contributed by atoms with Crippen molar-refractivity contribution in [3.63, 3.8) is 0 Å². The summed E-state index contributed by atoms with van der Waals surface area (Å²) in [4.78, 5) is 15.2. The van der Waals surface area contributed by atoms with Crippen LogP contribution in [0.25, 0.3) is 11.1 Å². The lowest BCUT2D eigenvalue weighted by molar-refractivity contribution is -0.139. The number of nitrogens with zero attached hydrogens (tertiary/aromatic N) is 1. The van der Waals surface area contributed by atoms with Gasteiger partial charge in [-0.2, -0.15) is 0 Å². The van der Waals surface area contributed by atoms with Crippen LogP contribution in [0.15, 0.2) is 72.8 Å². The number of benzene rings is 3. The zero-order valence-corrected chi connectivity index (χ0v) is 25.0. The van der Waals surface area contributed by atoms with Crippen LogP contribution in [-0.4, -0.2) is 37.1 Å².